The fraction of sp³-hybridized carbons (Fsp3) is 0.118. The number of carboxylic acid groups (broad SMARTS) is 2. The van der Waals surface area contributed by atoms with Gasteiger partial charge in [-0.05, 0) is 23.3 Å². The lowest BCUT2D eigenvalue weighted by atomic mass is 9.90. The molecule has 0 fully saturated rings. The van der Waals surface area contributed by atoms with Crippen molar-refractivity contribution in [1.29, 1.82) is 0 Å². The Kier molecular flexibility index (Phi) is 4.96. The molecule has 0 aliphatic rings. The Balaban J connectivity index is 2.12. The molecule has 0 saturated heterocycles. The smallest absolute Gasteiger partial charge is 0.340 e. The summed E-state index contributed by atoms with van der Waals surface area (Å²) in [5.41, 5.74) is 3.70. The largest absolute Gasteiger partial charge is 0.479 e. The molecule has 4 N–H and O–H groups in total. The van der Waals surface area contributed by atoms with Crippen LogP contribution in [0.25, 0.3) is 0 Å². The molecule has 0 bridgehead atoms. The van der Waals surface area contributed by atoms with Crippen molar-refractivity contribution in [3.8, 4) is 0 Å². The number of carbonyl (C=O) groups excluding carboxylic acids is 1. The normalized spacial score (nSPS) is 10.9. The molecule has 0 saturated carbocycles. The van der Waals surface area contributed by atoms with Gasteiger partial charge in [0.05, 0.1) is 5.56 Å². The van der Waals surface area contributed by atoms with Crippen LogP contribution in [0.15, 0.2) is 54.6 Å². The molecule has 0 spiro atoms. The van der Waals surface area contributed by atoms with Gasteiger partial charge < -0.3 is 20.7 Å². The van der Waals surface area contributed by atoms with Crippen LogP contribution in [0.2, 0.25) is 0 Å². The maximum Gasteiger partial charge on any atom is 0.340 e. The number of benzene rings is 2. The van der Waals surface area contributed by atoms with Crippen molar-refractivity contribution in [3.05, 3.63) is 71.3 Å². The monoisotopic (exact) mass is 329 g/mol. The summed E-state index contributed by atoms with van der Waals surface area (Å²) < 4.78 is 5.13. The molecule has 7 nitrogen and oxygen atoms in total. The SMILES string of the molecule is NC(C(=O)O)(C(=O)O)c1ccc(C(=O)OCc2ccccc2)cc1. The summed E-state index contributed by atoms with van der Waals surface area (Å²) in [5.74, 6) is -4.01. The Morgan fingerprint density at radius 2 is 1.46 bits per heavy atom. The fourth-order valence-corrected chi connectivity index (χ4v) is 2.01. The molecule has 0 radical (unpaired) electrons. The Bertz CT molecular complexity index is 740. The van der Waals surface area contributed by atoms with Crippen molar-refractivity contribution in [2.75, 3.05) is 0 Å². The molecule has 2 aromatic rings. The molecule has 0 aliphatic heterocycles. The number of nitrogens with two attached hydrogens (primary N) is 1. The second-order valence-electron chi connectivity index (χ2n) is 5.06. The first-order valence-electron chi connectivity index (χ1n) is 6.93. The van der Waals surface area contributed by atoms with Crippen LogP contribution < -0.4 is 5.73 Å². The molecule has 0 aromatic heterocycles. The number of ether oxygens (including phenoxy) is 1. The van der Waals surface area contributed by atoms with E-state index in [4.69, 9.17) is 20.7 Å². The van der Waals surface area contributed by atoms with Crippen molar-refractivity contribution >= 4 is 17.9 Å². The number of rotatable bonds is 6. The first-order valence-corrected chi connectivity index (χ1v) is 6.93. The van der Waals surface area contributed by atoms with Crippen LogP contribution in [-0.4, -0.2) is 28.1 Å². The second kappa shape index (κ2) is 6.93. The van der Waals surface area contributed by atoms with Gasteiger partial charge in [0.1, 0.15) is 6.61 Å². The lowest BCUT2D eigenvalue weighted by Crippen LogP contribution is -2.51. The summed E-state index contributed by atoms with van der Waals surface area (Å²) >= 11 is 0. The molecule has 0 unspecified atom stereocenters. The summed E-state index contributed by atoms with van der Waals surface area (Å²) in [4.78, 5) is 34.2. The van der Waals surface area contributed by atoms with E-state index in [0.717, 1.165) is 5.56 Å². The van der Waals surface area contributed by atoms with E-state index in [1.807, 2.05) is 18.2 Å². The molecule has 7 heteroatoms. The third-order valence-corrected chi connectivity index (χ3v) is 3.46. The molecular formula is C17H15NO6. The van der Waals surface area contributed by atoms with E-state index in [2.05, 4.69) is 0 Å². The van der Waals surface area contributed by atoms with E-state index in [-0.39, 0.29) is 17.7 Å². The zero-order chi connectivity index (χ0) is 17.7. The van der Waals surface area contributed by atoms with Gasteiger partial charge in [-0.15, -0.1) is 0 Å². The highest BCUT2D eigenvalue weighted by molar-refractivity contribution is 6.04. The maximum absolute atomic E-state index is 12.0. The van der Waals surface area contributed by atoms with Crippen LogP contribution in [0, 0.1) is 0 Å². The van der Waals surface area contributed by atoms with Gasteiger partial charge in [0.15, 0.2) is 0 Å². The average Bonchev–Trinajstić information content (AvgIpc) is 2.59. The standard InChI is InChI=1S/C17H15NO6/c18-17(15(20)21,16(22)23)13-8-6-12(7-9-13)14(19)24-10-11-4-2-1-3-5-11/h1-9H,10,18H2,(H,20,21)(H,22,23). The lowest BCUT2D eigenvalue weighted by molar-refractivity contribution is -0.157. The van der Waals surface area contributed by atoms with Gasteiger partial charge in [-0.25, -0.2) is 14.4 Å². The van der Waals surface area contributed by atoms with Gasteiger partial charge in [-0.2, -0.15) is 0 Å². The average molecular weight is 329 g/mol. The Morgan fingerprint density at radius 1 is 0.917 bits per heavy atom. The highest BCUT2D eigenvalue weighted by atomic mass is 16.5. The minimum Gasteiger partial charge on any atom is -0.479 e. The number of hydrogen-bond acceptors (Lipinski definition) is 5. The Labute approximate surface area is 137 Å². The van der Waals surface area contributed by atoms with Gasteiger partial charge in [0.2, 0.25) is 5.54 Å². The van der Waals surface area contributed by atoms with Crippen LogP contribution in [0.5, 0.6) is 0 Å². The van der Waals surface area contributed by atoms with Gasteiger partial charge >= 0.3 is 17.9 Å². The molecule has 0 amide bonds. The van der Waals surface area contributed by atoms with Gasteiger partial charge in [-0.3, -0.25) is 0 Å². The lowest BCUT2D eigenvalue weighted by Gasteiger charge is -2.20. The van der Waals surface area contributed by atoms with E-state index in [1.165, 1.54) is 24.3 Å². The minimum absolute atomic E-state index is 0.0898. The summed E-state index contributed by atoms with van der Waals surface area (Å²) in [7, 11) is 0. The van der Waals surface area contributed by atoms with Crippen molar-refractivity contribution < 1.29 is 29.3 Å². The van der Waals surface area contributed by atoms with Gasteiger partial charge in [-0.1, -0.05) is 42.5 Å². The molecule has 0 aliphatic carbocycles. The predicted molar refractivity (Wildman–Crippen MR) is 83.1 cm³/mol. The third-order valence-electron chi connectivity index (χ3n) is 3.46. The summed E-state index contributed by atoms with van der Waals surface area (Å²) in [6, 6.07) is 14.0. The second-order valence-corrected chi connectivity index (χ2v) is 5.06. The van der Waals surface area contributed by atoms with Crippen LogP contribution in [-0.2, 0) is 26.5 Å². The fourth-order valence-electron chi connectivity index (χ4n) is 2.01. The molecule has 2 rings (SSSR count). The van der Waals surface area contributed by atoms with E-state index < -0.39 is 23.4 Å². The number of carboxylic acids is 2. The van der Waals surface area contributed by atoms with Crippen molar-refractivity contribution in [2.24, 2.45) is 5.73 Å². The van der Waals surface area contributed by atoms with E-state index >= 15 is 0 Å². The van der Waals surface area contributed by atoms with Crippen LogP contribution in [0.1, 0.15) is 21.5 Å². The van der Waals surface area contributed by atoms with Crippen molar-refractivity contribution in [1.82, 2.24) is 0 Å². The number of aliphatic carboxylic acids is 2. The van der Waals surface area contributed by atoms with Gasteiger partial charge in [0, 0.05) is 0 Å². The Morgan fingerprint density at radius 3 is 1.96 bits per heavy atom. The Hall–Kier alpha value is -3.19. The van der Waals surface area contributed by atoms with Crippen LogP contribution >= 0.6 is 0 Å². The zero-order valence-electron chi connectivity index (χ0n) is 12.5. The first-order chi connectivity index (χ1) is 11.4. The highest BCUT2D eigenvalue weighted by Crippen LogP contribution is 2.20. The van der Waals surface area contributed by atoms with Crippen LogP contribution in [0.4, 0.5) is 0 Å². The summed E-state index contributed by atoms with van der Waals surface area (Å²) in [6.45, 7) is 0.0898. The van der Waals surface area contributed by atoms with Crippen molar-refractivity contribution in [3.63, 3.8) is 0 Å². The maximum atomic E-state index is 12.0. The zero-order valence-corrected chi connectivity index (χ0v) is 12.5. The van der Waals surface area contributed by atoms with E-state index in [1.54, 1.807) is 12.1 Å². The number of esters is 1. The molecule has 2 aromatic carbocycles. The minimum atomic E-state index is -2.58. The predicted octanol–water partition coefficient (Wildman–Crippen LogP) is 1.37. The van der Waals surface area contributed by atoms with E-state index in [0.29, 0.717) is 0 Å². The molecule has 124 valence electrons. The third kappa shape index (κ3) is 3.41. The molecular weight excluding hydrogens is 314 g/mol. The van der Waals surface area contributed by atoms with Crippen molar-refractivity contribution in [2.45, 2.75) is 12.1 Å². The van der Waals surface area contributed by atoms with E-state index in [9.17, 15) is 14.4 Å². The van der Waals surface area contributed by atoms with Crippen LogP contribution in [0.3, 0.4) is 0 Å². The number of carbonyl (C=O) groups is 3. The quantitative estimate of drug-likeness (QED) is 0.539. The molecule has 24 heavy (non-hydrogen) atoms. The number of hydrogen-bond donors (Lipinski definition) is 3. The molecule has 0 atom stereocenters. The summed E-state index contributed by atoms with van der Waals surface area (Å²) in [5, 5.41) is 18.1. The summed E-state index contributed by atoms with van der Waals surface area (Å²) in [6.07, 6.45) is 0. The van der Waals surface area contributed by atoms with Gasteiger partial charge in [0.25, 0.3) is 0 Å². The highest BCUT2D eigenvalue weighted by Gasteiger charge is 2.44. The molecule has 0 heterocycles. The first kappa shape index (κ1) is 17.2. The topological polar surface area (TPSA) is 127 Å².